The number of benzene rings is 2. The van der Waals surface area contributed by atoms with Crippen LogP contribution in [0.4, 0.5) is 0 Å². The minimum Gasteiger partial charge on any atom is -0.349 e. The minimum atomic E-state index is -0.00424. The van der Waals surface area contributed by atoms with Crippen LogP contribution in [0.15, 0.2) is 42.5 Å². The molecule has 3 nitrogen and oxygen atoms in total. The fraction of sp³-hybridized carbons (Fsp3) is 0.389. The van der Waals surface area contributed by atoms with E-state index in [1.807, 2.05) is 32.0 Å². The molecule has 3 N–H and O–H groups in total. The smallest absolute Gasteiger partial charge is 0.223 e. The predicted octanol–water partition coefficient (Wildman–Crippen LogP) is 3.39. The average molecular weight is 284 g/mol. The standard InChI is InChI=1S/C18H24N2O/c1-3-14(11-12-19)18(21)20-13(2)16-10-6-8-15-7-4-5-9-17(15)16/h4-10,13-14H,3,11-12,19H2,1-2H3,(H,20,21). The maximum atomic E-state index is 12.3. The first-order valence-electron chi connectivity index (χ1n) is 7.65. The van der Waals surface area contributed by atoms with Crippen molar-refractivity contribution in [2.45, 2.75) is 32.7 Å². The molecule has 0 aliphatic carbocycles. The second kappa shape index (κ2) is 7.23. The van der Waals surface area contributed by atoms with Crippen molar-refractivity contribution in [2.75, 3.05) is 6.54 Å². The van der Waals surface area contributed by atoms with Crippen molar-refractivity contribution >= 4 is 16.7 Å². The van der Waals surface area contributed by atoms with Crippen LogP contribution < -0.4 is 11.1 Å². The Morgan fingerprint density at radius 3 is 2.62 bits per heavy atom. The third-order valence-corrected chi connectivity index (χ3v) is 4.03. The highest BCUT2D eigenvalue weighted by Gasteiger charge is 2.18. The number of hydrogen-bond donors (Lipinski definition) is 2. The molecule has 2 rings (SSSR count). The highest BCUT2D eigenvalue weighted by Crippen LogP contribution is 2.24. The van der Waals surface area contributed by atoms with E-state index in [0.29, 0.717) is 6.54 Å². The van der Waals surface area contributed by atoms with Gasteiger partial charge in [0.15, 0.2) is 0 Å². The molecule has 0 saturated heterocycles. The van der Waals surface area contributed by atoms with Crippen molar-refractivity contribution in [3.63, 3.8) is 0 Å². The molecule has 1 amide bonds. The second-order valence-corrected chi connectivity index (χ2v) is 5.48. The van der Waals surface area contributed by atoms with Gasteiger partial charge in [-0.3, -0.25) is 4.79 Å². The Morgan fingerprint density at radius 2 is 1.90 bits per heavy atom. The maximum Gasteiger partial charge on any atom is 0.223 e. The minimum absolute atomic E-state index is 0.00424. The molecule has 0 bridgehead atoms. The van der Waals surface area contributed by atoms with Gasteiger partial charge in [0.2, 0.25) is 5.91 Å². The van der Waals surface area contributed by atoms with E-state index in [-0.39, 0.29) is 17.9 Å². The number of hydrogen-bond acceptors (Lipinski definition) is 2. The summed E-state index contributed by atoms with van der Waals surface area (Å²) in [5.41, 5.74) is 6.74. The largest absolute Gasteiger partial charge is 0.349 e. The van der Waals surface area contributed by atoms with Gasteiger partial charge >= 0.3 is 0 Å². The topological polar surface area (TPSA) is 55.1 Å². The average Bonchev–Trinajstić information content (AvgIpc) is 2.51. The summed E-state index contributed by atoms with van der Waals surface area (Å²) in [6.45, 7) is 4.62. The number of nitrogens with two attached hydrogens (primary N) is 1. The summed E-state index contributed by atoms with van der Waals surface area (Å²) in [5.74, 6) is 0.107. The second-order valence-electron chi connectivity index (χ2n) is 5.48. The van der Waals surface area contributed by atoms with E-state index in [1.165, 1.54) is 10.8 Å². The first kappa shape index (κ1) is 15.5. The molecular weight excluding hydrogens is 260 g/mol. The molecule has 112 valence electrons. The molecular formula is C18H24N2O. The van der Waals surface area contributed by atoms with Crippen LogP contribution in [0, 0.1) is 5.92 Å². The summed E-state index contributed by atoms with van der Waals surface area (Å²) >= 11 is 0. The first-order chi connectivity index (χ1) is 10.2. The SMILES string of the molecule is CCC(CCN)C(=O)NC(C)c1cccc2ccccc12. The van der Waals surface area contributed by atoms with Gasteiger partial charge < -0.3 is 11.1 Å². The molecule has 2 aromatic rings. The van der Waals surface area contributed by atoms with Crippen molar-refractivity contribution < 1.29 is 4.79 Å². The molecule has 2 unspecified atom stereocenters. The van der Waals surface area contributed by atoms with Crippen LogP contribution in [0.3, 0.4) is 0 Å². The van der Waals surface area contributed by atoms with Crippen molar-refractivity contribution in [2.24, 2.45) is 11.7 Å². The molecule has 0 aliphatic heterocycles. The van der Waals surface area contributed by atoms with Gasteiger partial charge in [0.25, 0.3) is 0 Å². The third kappa shape index (κ3) is 3.61. The van der Waals surface area contributed by atoms with Crippen LogP contribution in [0.5, 0.6) is 0 Å². The summed E-state index contributed by atoms with van der Waals surface area (Å²) in [5, 5.41) is 5.52. The lowest BCUT2D eigenvalue weighted by atomic mass is 9.97. The summed E-state index contributed by atoms with van der Waals surface area (Å²) in [6.07, 6.45) is 1.57. The molecule has 0 spiro atoms. The zero-order valence-corrected chi connectivity index (χ0v) is 12.8. The maximum absolute atomic E-state index is 12.3. The number of rotatable bonds is 6. The van der Waals surface area contributed by atoms with Gasteiger partial charge in [-0.1, -0.05) is 49.4 Å². The zero-order valence-electron chi connectivity index (χ0n) is 12.8. The lowest BCUT2D eigenvalue weighted by molar-refractivity contribution is -0.125. The van der Waals surface area contributed by atoms with Gasteiger partial charge in [-0.15, -0.1) is 0 Å². The molecule has 0 aliphatic rings. The van der Waals surface area contributed by atoms with Crippen LogP contribution in [0.2, 0.25) is 0 Å². The Morgan fingerprint density at radius 1 is 1.19 bits per heavy atom. The van der Waals surface area contributed by atoms with Gasteiger partial charge in [0, 0.05) is 5.92 Å². The van der Waals surface area contributed by atoms with Crippen LogP contribution >= 0.6 is 0 Å². The number of fused-ring (bicyclic) bond motifs is 1. The Labute approximate surface area is 126 Å². The van der Waals surface area contributed by atoms with Crippen molar-refractivity contribution in [1.29, 1.82) is 0 Å². The molecule has 0 saturated carbocycles. The normalized spacial score (nSPS) is 13.9. The number of amides is 1. The summed E-state index contributed by atoms with van der Waals surface area (Å²) < 4.78 is 0. The van der Waals surface area contributed by atoms with Gasteiger partial charge in [0.05, 0.1) is 6.04 Å². The monoisotopic (exact) mass is 284 g/mol. The fourth-order valence-corrected chi connectivity index (χ4v) is 2.76. The Kier molecular flexibility index (Phi) is 5.34. The Bertz CT molecular complexity index is 604. The summed E-state index contributed by atoms with van der Waals surface area (Å²) in [7, 11) is 0. The molecule has 0 aromatic heterocycles. The zero-order chi connectivity index (χ0) is 15.2. The molecule has 2 atom stereocenters. The van der Waals surface area contributed by atoms with E-state index in [2.05, 4.69) is 29.6 Å². The van der Waals surface area contributed by atoms with Gasteiger partial charge in [-0.2, -0.15) is 0 Å². The Balaban J connectivity index is 2.19. The van der Waals surface area contributed by atoms with E-state index in [0.717, 1.165) is 18.4 Å². The molecule has 21 heavy (non-hydrogen) atoms. The number of carbonyl (C=O) groups excluding carboxylic acids is 1. The molecule has 2 aromatic carbocycles. The van der Waals surface area contributed by atoms with Crippen molar-refractivity contribution in [3.8, 4) is 0 Å². The molecule has 0 heterocycles. The number of carbonyl (C=O) groups is 1. The van der Waals surface area contributed by atoms with Crippen molar-refractivity contribution in [1.82, 2.24) is 5.32 Å². The van der Waals surface area contributed by atoms with Gasteiger partial charge in [-0.25, -0.2) is 0 Å². The van der Waals surface area contributed by atoms with Crippen LogP contribution in [-0.2, 0) is 4.79 Å². The van der Waals surface area contributed by atoms with Gasteiger partial charge in [-0.05, 0) is 42.6 Å². The fourth-order valence-electron chi connectivity index (χ4n) is 2.76. The third-order valence-electron chi connectivity index (χ3n) is 4.03. The van der Waals surface area contributed by atoms with E-state index >= 15 is 0 Å². The highest BCUT2D eigenvalue weighted by atomic mass is 16.1. The summed E-state index contributed by atoms with van der Waals surface area (Å²) in [6, 6.07) is 14.5. The highest BCUT2D eigenvalue weighted by molar-refractivity contribution is 5.87. The van der Waals surface area contributed by atoms with Crippen LogP contribution in [-0.4, -0.2) is 12.5 Å². The quantitative estimate of drug-likeness (QED) is 0.854. The van der Waals surface area contributed by atoms with E-state index in [9.17, 15) is 4.79 Å². The van der Waals surface area contributed by atoms with Crippen LogP contribution in [0.25, 0.3) is 10.8 Å². The van der Waals surface area contributed by atoms with E-state index in [4.69, 9.17) is 5.73 Å². The lowest BCUT2D eigenvalue weighted by Gasteiger charge is -2.20. The molecule has 0 fully saturated rings. The summed E-state index contributed by atoms with van der Waals surface area (Å²) in [4.78, 5) is 12.3. The Hall–Kier alpha value is -1.87. The van der Waals surface area contributed by atoms with Gasteiger partial charge in [0.1, 0.15) is 0 Å². The first-order valence-corrected chi connectivity index (χ1v) is 7.65. The van der Waals surface area contributed by atoms with E-state index in [1.54, 1.807) is 0 Å². The number of nitrogens with one attached hydrogen (secondary N) is 1. The molecule has 0 radical (unpaired) electrons. The van der Waals surface area contributed by atoms with E-state index < -0.39 is 0 Å². The van der Waals surface area contributed by atoms with Crippen LogP contribution in [0.1, 0.15) is 38.3 Å². The van der Waals surface area contributed by atoms with Crippen molar-refractivity contribution in [3.05, 3.63) is 48.0 Å². The predicted molar refractivity (Wildman–Crippen MR) is 88.0 cm³/mol. The molecule has 3 heteroatoms. The lowest BCUT2D eigenvalue weighted by Crippen LogP contribution is -2.33.